The molecule has 1 aliphatic heterocycles. The second-order valence-electron chi connectivity index (χ2n) is 5.42. The van der Waals surface area contributed by atoms with Gasteiger partial charge in [-0.05, 0) is 25.1 Å². The second-order valence-corrected chi connectivity index (χ2v) is 5.42. The summed E-state index contributed by atoms with van der Waals surface area (Å²) < 4.78 is 5.32. The predicted octanol–water partition coefficient (Wildman–Crippen LogP) is -1.38. The molecule has 0 radical (unpaired) electrons. The Hall–Kier alpha value is -2.10. The molecule has 0 spiro atoms. The Kier molecular flexibility index (Phi) is 5.59. The molecule has 0 aromatic heterocycles. The first-order chi connectivity index (χ1) is 11.0. The minimum Gasteiger partial charge on any atom is -0.534 e. The number of hydrogen-bond acceptors (Lipinski definition) is 6. The molecule has 23 heavy (non-hydrogen) atoms. The lowest BCUT2D eigenvalue weighted by Gasteiger charge is -2.29. The van der Waals surface area contributed by atoms with E-state index in [2.05, 4.69) is 10.6 Å². The highest BCUT2D eigenvalue weighted by Gasteiger charge is 2.38. The predicted molar refractivity (Wildman–Crippen MR) is 84.1 cm³/mol. The molecule has 1 aromatic rings. The maximum Gasteiger partial charge on any atom is 0.547 e. The first kappa shape index (κ1) is 17.3. The highest BCUT2D eigenvalue weighted by molar-refractivity contribution is 6.47. The molecule has 124 valence electrons. The zero-order chi connectivity index (χ0) is 17.0. The van der Waals surface area contributed by atoms with E-state index in [1.807, 2.05) is 0 Å². The molecule has 2 rings (SSSR count). The van der Waals surface area contributed by atoms with Crippen LogP contribution in [0.1, 0.15) is 15.9 Å². The lowest BCUT2D eigenvalue weighted by atomic mass is 9.72. The molecule has 8 nitrogen and oxygen atoms in total. The van der Waals surface area contributed by atoms with Crippen LogP contribution in [0.2, 0.25) is 0 Å². The van der Waals surface area contributed by atoms with Crippen LogP contribution >= 0.6 is 0 Å². The SMILES string of the molecule is CNCC(CN)C(=O)NC1Cc2cccc(C(=O)O)c2OB1O. The van der Waals surface area contributed by atoms with Gasteiger partial charge in [0.05, 0.1) is 17.4 Å². The quantitative estimate of drug-likeness (QED) is 0.408. The number of hydrogen-bond donors (Lipinski definition) is 5. The van der Waals surface area contributed by atoms with Crippen molar-refractivity contribution in [2.75, 3.05) is 20.1 Å². The van der Waals surface area contributed by atoms with E-state index in [-0.39, 0.29) is 30.2 Å². The number of carboxylic acids is 1. The minimum atomic E-state index is -1.32. The smallest absolute Gasteiger partial charge is 0.534 e. The number of carbonyl (C=O) groups is 2. The third kappa shape index (κ3) is 3.81. The van der Waals surface area contributed by atoms with E-state index in [0.29, 0.717) is 12.1 Å². The van der Waals surface area contributed by atoms with Crippen molar-refractivity contribution in [1.82, 2.24) is 10.6 Å². The molecule has 1 amide bonds. The van der Waals surface area contributed by atoms with E-state index in [9.17, 15) is 14.6 Å². The monoisotopic (exact) mass is 321 g/mol. The van der Waals surface area contributed by atoms with Gasteiger partial charge in [0.25, 0.3) is 0 Å². The summed E-state index contributed by atoms with van der Waals surface area (Å²) >= 11 is 0. The van der Waals surface area contributed by atoms with Gasteiger partial charge in [-0.3, -0.25) is 4.79 Å². The number of carboxylic acid groups (broad SMARTS) is 1. The normalized spacial score (nSPS) is 17.9. The van der Waals surface area contributed by atoms with Crippen LogP contribution in [0.5, 0.6) is 5.75 Å². The number of benzene rings is 1. The van der Waals surface area contributed by atoms with Gasteiger partial charge in [0.15, 0.2) is 0 Å². The summed E-state index contributed by atoms with van der Waals surface area (Å²) in [6.07, 6.45) is 0.278. The number of fused-ring (bicyclic) bond motifs is 1. The molecule has 9 heteroatoms. The Balaban J connectivity index is 2.14. The highest BCUT2D eigenvalue weighted by atomic mass is 16.5. The summed E-state index contributed by atoms with van der Waals surface area (Å²) in [6.45, 7) is 0.599. The van der Waals surface area contributed by atoms with Crippen molar-refractivity contribution < 1.29 is 24.4 Å². The summed E-state index contributed by atoms with van der Waals surface area (Å²) in [5.74, 6) is -2.35. The number of rotatable bonds is 6. The van der Waals surface area contributed by atoms with Gasteiger partial charge in [-0.25, -0.2) is 4.79 Å². The first-order valence-corrected chi connectivity index (χ1v) is 7.32. The molecular formula is C14H20BN3O5. The Morgan fingerprint density at radius 1 is 1.52 bits per heavy atom. The van der Waals surface area contributed by atoms with Crippen LogP contribution in [0.3, 0.4) is 0 Å². The average Bonchev–Trinajstić information content (AvgIpc) is 2.52. The molecule has 0 bridgehead atoms. The summed E-state index contributed by atoms with van der Waals surface area (Å²) in [4.78, 5) is 23.4. The summed E-state index contributed by atoms with van der Waals surface area (Å²) in [7, 11) is 0.401. The Morgan fingerprint density at radius 2 is 2.26 bits per heavy atom. The van der Waals surface area contributed by atoms with Crippen LogP contribution in [0.15, 0.2) is 18.2 Å². The molecule has 1 heterocycles. The van der Waals surface area contributed by atoms with Crippen molar-refractivity contribution in [3.05, 3.63) is 29.3 Å². The van der Waals surface area contributed by atoms with Gasteiger partial charge in [0.1, 0.15) is 5.75 Å². The van der Waals surface area contributed by atoms with Gasteiger partial charge in [-0.1, -0.05) is 12.1 Å². The van der Waals surface area contributed by atoms with Crippen LogP contribution in [-0.2, 0) is 11.2 Å². The molecule has 2 atom stereocenters. The van der Waals surface area contributed by atoms with E-state index >= 15 is 0 Å². The van der Waals surface area contributed by atoms with Crippen molar-refractivity contribution in [2.24, 2.45) is 11.7 Å². The molecule has 2 unspecified atom stereocenters. The van der Waals surface area contributed by atoms with E-state index in [0.717, 1.165) is 0 Å². The molecule has 1 aromatic carbocycles. The third-order valence-corrected chi connectivity index (χ3v) is 3.78. The van der Waals surface area contributed by atoms with Crippen molar-refractivity contribution in [1.29, 1.82) is 0 Å². The van der Waals surface area contributed by atoms with E-state index in [1.165, 1.54) is 6.07 Å². The van der Waals surface area contributed by atoms with E-state index in [4.69, 9.17) is 15.5 Å². The maximum atomic E-state index is 12.2. The zero-order valence-corrected chi connectivity index (χ0v) is 12.8. The fourth-order valence-electron chi connectivity index (χ4n) is 2.55. The topological polar surface area (TPSA) is 134 Å². The van der Waals surface area contributed by atoms with Gasteiger partial charge in [-0.2, -0.15) is 0 Å². The summed E-state index contributed by atoms with van der Waals surface area (Å²) in [6, 6.07) is 4.72. The number of aromatic carboxylic acids is 1. The van der Waals surface area contributed by atoms with Crippen molar-refractivity contribution in [3.8, 4) is 5.75 Å². The largest absolute Gasteiger partial charge is 0.547 e. The van der Waals surface area contributed by atoms with Gasteiger partial charge in [-0.15, -0.1) is 0 Å². The van der Waals surface area contributed by atoms with Crippen molar-refractivity contribution in [3.63, 3.8) is 0 Å². The average molecular weight is 321 g/mol. The number of carbonyl (C=O) groups excluding carboxylic acids is 1. The van der Waals surface area contributed by atoms with Crippen molar-refractivity contribution in [2.45, 2.75) is 12.4 Å². The van der Waals surface area contributed by atoms with Gasteiger partial charge >= 0.3 is 13.1 Å². The lowest BCUT2D eigenvalue weighted by molar-refractivity contribution is -0.125. The summed E-state index contributed by atoms with van der Waals surface area (Å²) in [5, 5.41) is 24.8. The van der Waals surface area contributed by atoms with Crippen LogP contribution in [0.4, 0.5) is 0 Å². The third-order valence-electron chi connectivity index (χ3n) is 3.78. The van der Waals surface area contributed by atoms with Gasteiger partial charge in [0.2, 0.25) is 5.91 Å². The zero-order valence-electron chi connectivity index (χ0n) is 12.8. The fourth-order valence-corrected chi connectivity index (χ4v) is 2.55. The number of nitrogens with one attached hydrogen (secondary N) is 2. The van der Waals surface area contributed by atoms with E-state index in [1.54, 1.807) is 19.2 Å². The molecule has 1 aliphatic rings. The van der Waals surface area contributed by atoms with Crippen LogP contribution in [0.25, 0.3) is 0 Å². The Morgan fingerprint density at radius 3 is 2.87 bits per heavy atom. The number of amides is 1. The van der Waals surface area contributed by atoms with Crippen LogP contribution in [0, 0.1) is 5.92 Å². The number of para-hydroxylation sites is 1. The van der Waals surface area contributed by atoms with Crippen LogP contribution in [-0.4, -0.2) is 55.2 Å². The minimum absolute atomic E-state index is 0.0126. The molecule has 0 saturated heterocycles. The van der Waals surface area contributed by atoms with Crippen LogP contribution < -0.4 is 21.0 Å². The van der Waals surface area contributed by atoms with E-state index < -0.39 is 24.9 Å². The Bertz CT molecular complexity index is 598. The van der Waals surface area contributed by atoms with Gasteiger partial charge < -0.3 is 31.2 Å². The molecule has 0 aliphatic carbocycles. The molecule has 0 fully saturated rings. The highest BCUT2D eigenvalue weighted by Crippen LogP contribution is 2.30. The second kappa shape index (κ2) is 7.45. The molecular weight excluding hydrogens is 301 g/mol. The van der Waals surface area contributed by atoms with Crippen molar-refractivity contribution >= 4 is 19.0 Å². The molecule has 6 N–H and O–H groups in total. The lowest BCUT2D eigenvalue weighted by Crippen LogP contribution is -2.55. The summed E-state index contributed by atoms with van der Waals surface area (Å²) in [5.41, 5.74) is 6.18. The first-order valence-electron chi connectivity index (χ1n) is 7.32. The standard InChI is InChI=1S/C14H20BN3O5/c1-17-7-9(6-16)13(19)18-11-5-8-3-2-4-10(14(20)21)12(8)23-15(11)22/h2-4,9,11,17,22H,5-7,16H2,1H3,(H,18,19)(H,20,21). The maximum absolute atomic E-state index is 12.2. The Labute approximate surface area is 134 Å². The molecule has 0 saturated carbocycles. The number of nitrogens with two attached hydrogens (primary N) is 1. The fraction of sp³-hybridized carbons (Fsp3) is 0.429. The van der Waals surface area contributed by atoms with Gasteiger partial charge in [0, 0.05) is 13.1 Å².